The Hall–Kier alpha value is -2.50. The van der Waals surface area contributed by atoms with Crippen LogP contribution < -0.4 is 9.46 Å². The van der Waals surface area contributed by atoms with Crippen molar-refractivity contribution in [3.8, 4) is 11.8 Å². The van der Waals surface area contributed by atoms with Crippen molar-refractivity contribution in [2.24, 2.45) is 0 Å². The van der Waals surface area contributed by atoms with Crippen LogP contribution in [0.15, 0.2) is 53.4 Å². The van der Waals surface area contributed by atoms with Gasteiger partial charge in [-0.1, -0.05) is 12.1 Å². The number of alkyl halides is 2. The van der Waals surface area contributed by atoms with E-state index in [2.05, 4.69) is 9.46 Å². The molecular weight excluding hydrogens is 338 g/mol. The van der Waals surface area contributed by atoms with Gasteiger partial charge in [-0.3, -0.25) is 0 Å². The molecule has 0 spiro atoms. The molecule has 8 heteroatoms. The average molecular weight is 352 g/mol. The quantitative estimate of drug-likeness (QED) is 0.866. The van der Waals surface area contributed by atoms with Crippen LogP contribution in [0.2, 0.25) is 0 Å². The molecule has 1 unspecified atom stereocenters. The molecule has 0 heterocycles. The van der Waals surface area contributed by atoms with Gasteiger partial charge in [0.2, 0.25) is 10.0 Å². The summed E-state index contributed by atoms with van der Waals surface area (Å²) in [5.41, 5.74) is 0.823. The van der Waals surface area contributed by atoms with Gasteiger partial charge in [-0.2, -0.15) is 14.0 Å². The van der Waals surface area contributed by atoms with Gasteiger partial charge in [0.1, 0.15) is 5.75 Å². The van der Waals surface area contributed by atoms with Gasteiger partial charge in [0.05, 0.1) is 16.5 Å². The molecule has 0 aliphatic carbocycles. The zero-order valence-corrected chi connectivity index (χ0v) is 13.4. The first kappa shape index (κ1) is 17.8. The molecule has 0 aliphatic heterocycles. The van der Waals surface area contributed by atoms with Gasteiger partial charge in [0.25, 0.3) is 0 Å². The van der Waals surface area contributed by atoms with Crippen molar-refractivity contribution < 1.29 is 21.9 Å². The minimum absolute atomic E-state index is 0.00772. The normalized spacial score (nSPS) is 12.6. The molecule has 2 rings (SSSR count). The molecule has 0 aliphatic rings. The van der Waals surface area contributed by atoms with Crippen molar-refractivity contribution in [2.75, 3.05) is 0 Å². The Balaban J connectivity index is 2.18. The second-order valence-electron chi connectivity index (χ2n) is 4.93. The Labute approximate surface area is 138 Å². The lowest BCUT2D eigenvalue weighted by atomic mass is 10.1. The Kier molecular flexibility index (Phi) is 5.49. The number of nitrogens with one attached hydrogen (secondary N) is 1. The van der Waals surface area contributed by atoms with Crippen LogP contribution >= 0.6 is 0 Å². The van der Waals surface area contributed by atoms with Gasteiger partial charge >= 0.3 is 6.61 Å². The molecule has 0 saturated heterocycles. The topological polar surface area (TPSA) is 79.2 Å². The Morgan fingerprint density at radius 1 is 1.17 bits per heavy atom. The van der Waals surface area contributed by atoms with Crippen molar-refractivity contribution in [3.63, 3.8) is 0 Å². The third-order valence-corrected chi connectivity index (χ3v) is 4.77. The largest absolute Gasteiger partial charge is 0.435 e. The third-order valence-electron chi connectivity index (χ3n) is 3.21. The van der Waals surface area contributed by atoms with Crippen molar-refractivity contribution in [1.82, 2.24) is 4.72 Å². The Morgan fingerprint density at radius 2 is 1.83 bits per heavy atom. The standard InChI is InChI=1S/C16H14F2N2O3S/c1-11(13-3-2-4-14(9-13)23-16(17)18)20-24(21,22)15-7-5-12(10-19)6-8-15/h2-9,11,16,20H,1H3. The predicted molar refractivity (Wildman–Crippen MR) is 83.0 cm³/mol. The molecule has 5 nitrogen and oxygen atoms in total. The minimum atomic E-state index is -3.82. The minimum Gasteiger partial charge on any atom is -0.435 e. The van der Waals surface area contributed by atoms with E-state index in [0.29, 0.717) is 11.1 Å². The highest BCUT2D eigenvalue weighted by molar-refractivity contribution is 7.89. The van der Waals surface area contributed by atoms with E-state index >= 15 is 0 Å². The van der Waals surface area contributed by atoms with E-state index in [1.54, 1.807) is 13.0 Å². The van der Waals surface area contributed by atoms with E-state index < -0.39 is 22.7 Å². The molecule has 1 atom stereocenters. The van der Waals surface area contributed by atoms with Crippen LogP contribution in [0, 0.1) is 11.3 Å². The lowest BCUT2D eigenvalue weighted by molar-refractivity contribution is -0.0499. The Bertz CT molecular complexity index is 846. The fourth-order valence-corrected chi connectivity index (χ4v) is 3.27. The number of ether oxygens (including phenoxy) is 1. The van der Waals surface area contributed by atoms with Crippen LogP contribution in [0.4, 0.5) is 8.78 Å². The monoisotopic (exact) mass is 352 g/mol. The van der Waals surface area contributed by atoms with Gasteiger partial charge in [-0.05, 0) is 48.9 Å². The van der Waals surface area contributed by atoms with Crippen molar-refractivity contribution in [2.45, 2.75) is 24.5 Å². The number of hydrogen-bond acceptors (Lipinski definition) is 4. The molecule has 2 aromatic rings. The van der Waals surface area contributed by atoms with Crippen LogP contribution in [-0.2, 0) is 10.0 Å². The first-order valence-corrected chi connectivity index (χ1v) is 8.37. The molecule has 24 heavy (non-hydrogen) atoms. The number of hydrogen-bond donors (Lipinski definition) is 1. The molecule has 0 radical (unpaired) electrons. The van der Waals surface area contributed by atoms with Crippen LogP contribution in [0.1, 0.15) is 24.1 Å². The molecule has 0 amide bonds. The predicted octanol–water partition coefficient (Wildman–Crippen LogP) is 3.20. The van der Waals surface area contributed by atoms with Crippen LogP contribution in [0.25, 0.3) is 0 Å². The molecule has 0 fully saturated rings. The maximum absolute atomic E-state index is 12.3. The summed E-state index contributed by atoms with van der Waals surface area (Å²) in [4.78, 5) is 0.00772. The number of nitrogens with zero attached hydrogens (tertiary/aromatic N) is 1. The molecule has 126 valence electrons. The summed E-state index contributed by atoms with van der Waals surface area (Å²) in [6.07, 6.45) is 0. The van der Waals surface area contributed by atoms with E-state index in [4.69, 9.17) is 5.26 Å². The lowest BCUT2D eigenvalue weighted by Gasteiger charge is -2.16. The first-order chi connectivity index (χ1) is 11.3. The summed E-state index contributed by atoms with van der Waals surface area (Å²) in [5.74, 6) is -0.0491. The summed E-state index contributed by atoms with van der Waals surface area (Å²) in [6, 6.07) is 12.5. The lowest BCUT2D eigenvalue weighted by Crippen LogP contribution is -2.26. The maximum Gasteiger partial charge on any atom is 0.387 e. The summed E-state index contributed by atoms with van der Waals surface area (Å²) < 4.78 is 55.9. The fourth-order valence-electron chi connectivity index (χ4n) is 2.04. The number of nitriles is 1. The van der Waals surface area contributed by atoms with E-state index in [0.717, 1.165) is 0 Å². The van der Waals surface area contributed by atoms with E-state index in [1.807, 2.05) is 6.07 Å². The Morgan fingerprint density at radius 3 is 2.42 bits per heavy atom. The zero-order chi connectivity index (χ0) is 17.7. The number of benzene rings is 2. The van der Waals surface area contributed by atoms with Gasteiger partial charge in [-0.15, -0.1) is 0 Å². The number of halogens is 2. The number of sulfonamides is 1. The van der Waals surface area contributed by atoms with E-state index in [1.165, 1.54) is 42.5 Å². The maximum atomic E-state index is 12.3. The van der Waals surface area contributed by atoms with Gasteiger partial charge in [0, 0.05) is 6.04 Å². The highest BCUT2D eigenvalue weighted by atomic mass is 32.2. The van der Waals surface area contributed by atoms with Gasteiger partial charge in [-0.25, -0.2) is 13.1 Å². The van der Waals surface area contributed by atoms with E-state index in [-0.39, 0.29) is 10.6 Å². The molecule has 2 aromatic carbocycles. The summed E-state index contributed by atoms with van der Waals surface area (Å²) >= 11 is 0. The van der Waals surface area contributed by atoms with Gasteiger partial charge < -0.3 is 4.74 Å². The molecule has 0 aromatic heterocycles. The van der Waals surface area contributed by atoms with Crippen molar-refractivity contribution >= 4 is 10.0 Å². The summed E-state index contributed by atoms with van der Waals surface area (Å²) in [5, 5.41) is 8.73. The van der Waals surface area contributed by atoms with E-state index in [9.17, 15) is 17.2 Å². The summed E-state index contributed by atoms with van der Waals surface area (Å²) in [7, 11) is -3.82. The number of rotatable bonds is 6. The molecular formula is C16H14F2N2O3S. The van der Waals surface area contributed by atoms with Gasteiger partial charge in [0.15, 0.2) is 0 Å². The van der Waals surface area contributed by atoms with Crippen molar-refractivity contribution in [1.29, 1.82) is 5.26 Å². The van der Waals surface area contributed by atoms with Crippen LogP contribution in [-0.4, -0.2) is 15.0 Å². The molecule has 1 N–H and O–H groups in total. The fraction of sp³-hybridized carbons (Fsp3) is 0.188. The van der Waals surface area contributed by atoms with Crippen LogP contribution in [0.3, 0.4) is 0 Å². The second-order valence-corrected chi connectivity index (χ2v) is 6.64. The third kappa shape index (κ3) is 4.50. The molecule has 0 bridgehead atoms. The molecule has 0 saturated carbocycles. The van der Waals surface area contributed by atoms with Crippen molar-refractivity contribution in [3.05, 3.63) is 59.7 Å². The second kappa shape index (κ2) is 7.38. The average Bonchev–Trinajstić information content (AvgIpc) is 2.54. The first-order valence-electron chi connectivity index (χ1n) is 6.89. The zero-order valence-electron chi connectivity index (χ0n) is 12.6. The smallest absolute Gasteiger partial charge is 0.387 e. The SMILES string of the molecule is CC(NS(=O)(=O)c1ccc(C#N)cc1)c1cccc(OC(F)F)c1. The summed E-state index contributed by atoms with van der Waals surface area (Å²) in [6.45, 7) is -1.37. The highest BCUT2D eigenvalue weighted by Crippen LogP contribution is 2.22. The highest BCUT2D eigenvalue weighted by Gasteiger charge is 2.19. The van der Waals surface area contributed by atoms with Crippen LogP contribution in [0.5, 0.6) is 5.75 Å².